The molecule has 0 unspecified atom stereocenters. The van der Waals surface area contributed by atoms with Gasteiger partial charge in [-0.15, -0.1) is 0 Å². The summed E-state index contributed by atoms with van der Waals surface area (Å²) in [6, 6.07) is 8.02. The molecule has 0 radical (unpaired) electrons. The molecular weight excluding hydrogens is 238 g/mol. The molecule has 2 aromatic rings. The number of nitrogens with two attached hydrogens (primary N) is 1. The van der Waals surface area contributed by atoms with Crippen molar-refractivity contribution in [3.05, 3.63) is 30.5 Å². The molecule has 2 N–H and O–H groups in total. The standard InChI is InChI=1S/C15H19N3O/c1-10-8-18(9-11(2)19-10)14-6-7-17-15-12(14)4-3-5-13(15)16/h3-7,10-11H,8-9,16H2,1-2H3/t10-,11+. The molecule has 2 atom stereocenters. The zero-order valence-electron chi connectivity index (χ0n) is 11.3. The van der Waals surface area contributed by atoms with Gasteiger partial charge in [0.05, 0.1) is 23.4 Å². The highest BCUT2D eigenvalue weighted by molar-refractivity contribution is 5.98. The van der Waals surface area contributed by atoms with Crippen molar-refractivity contribution >= 4 is 22.3 Å². The van der Waals surface area contributed by atoms with Crippen LogP contribution in [0, 0.1) is 0 Å². The van der Waals surface area contributed by atoms with Crippen LogP contribution in [0.2, 0.25) is 0 Å². The van der Waals surface area contributed by atoms with E-state index in [1.165, 1.54) is 5.69 Å². The Balaban J connectivity index is 2.07. The van der Waals surface area contributed by atoms with Crippen molar-refractivity contribution in [1.82, 2.24) is 4.98 Å². The van der Waals surface area contributed by atoms with Gasteiger partial charge in [0.2, 0.25) is 0 Å². The highest BCUT2D eigenvalue weighted by atomic mass is 16.5. The predicted molar refractivity (Wildman–Crippen MR) is 78.4 cm³/mol. The molecule has 1 aromatic carbocycles. The summed E-state index contributed by atoms with van der Waals surface area (Å²) in [5, 5.41) is 1.11. The van der Waals surface area contributed by atoms with Gasteiger partial charge in [-0.2, -0.15) is 0 Å². The summed E-state index contributed by atoms with van der Waals surface area (Å²) >= 11 is 0. The topological polar surface area (TPSA) is 51.4 Å². The van der Waals surface area contributed by atoms with Crippen LogP contribution in [0.3, 0.4) is 0 Å². The number of benzene rings is 1. The highest BCUT2D eigenvalue weighted by Gasteiger charge is 2.23. The summed E-state index contributed by atoms with van der Waals surface area (Å²) in [5.41, 5.74) is 8.81. The number of para-hydroxylation sites is 1. The number of ether oxygens (including phenoxy) is 1. The van der Waals surface area contributed by atoms with E-state index >= 15 is 0 Å². The average molecular weight is 257 g/mol. The summed E-state index contributed by atoms with van der Waals surface area (Å²) in [6.07, 6.45) is 2.32. The van der Waals surface area contributed by atoms with Crippen LogP contribution in [-0.4, -0.2) is 30.3 Å². The molecule has 1 fully saturated rings. The number of hydrogen-bond acceptors (Lipinski definition) is 4. The summed E-state index contributed by atoms with van der Waals surface area (Å²) in [6.45, 7) is 6.03. The lowest BCUT2D eigenvalue weighted by molar-refractivity contribution is -0.00513. The number of nitrogen functional groups attached to an aromatic ring is 1. The lowest BCUT2D eigenvalue weighted by Gasteiger charge is -2.37. The maximum Gasteiger partial charge on any atom is 0.0951 e. The Morgan fingerprint density at radius 2 is 1.95 bits per heavy atom. The fourth-order valence-corrected chi connectivity index (χ4v) is 2.83. The van der Waals surface area contributed by atoms with Crippen LogP contribution in [0.1, 0.15) is 13.8 Å². The fourth-order valence-electron chi connectivity index (χ4n) is 2.83. The fraction of sp³-hybridized carbons (Fsp3) is 0.400. The molecule has 19 heavy (non-hydrogen) atoms. The lowest BCUT2D eigenvalue weighted by Crippen LogP contribution is -2.45. The van der Waals surface area contributed by atoms with Crippen LogP contribution >= 0.6 is 0 Å². The van der Waals surface area contributed by atoms with Gasteiger partial charge >= 0.3 is 0 Å². The first kappa shape index (κ1) is 12.2. The Hall–Kier alpha value is -1.81. The molecule has 1 saturated heterocycles. The molecule has 1 aromatic heterocycles. The van der Waals surface area contributed by atoms with Crippen LogP contribution in [0.15, 0.2) is 30.5 Å². The maximum absolute atomic E-state index is 6.00. The van der Waals surface area contributed by atoms with E-state index < -0.39 is 0 Å². The van der Waals surface area contributed by atoms with Crippen molar-refractivity contribution in [1.29, 1.82) is 0 Å². The van der Waals surface area contributed by atoms with Gasteiger partial charge in [0, 0.05) is 30.4 Å². The van der Waals surface area contributed by atoms with Gasteiger partial charge in [-0.05, 0) is 26.0 Å². The zero-order chi connectivity index (χ0) is 13.4. The monoisotopic (exact) mass is 257 g/mol. The van der Waals surface area contributed by atoms with Crippen molar-refractivity contribution in [3.8, 4) is 0 Å². The Morgan fingerprint density at radius 1 is 1.21 bits per heavy atom. The minimum Gasteiger partial charge on any atom is -0.397 e. The zero-order valence-corrected chi connectivity index (χ0v) is 11.3. The summed E-state index contributed by atoms with van der Waals surface area (Å²) in [7, 11) is 0. The molecule has 0 amide bonds. The molecule has 0 bridgehead atoms. The number of fused-ring (bicyclic) bond motifs is 1. The lowest BCUT2D eigenvalue weighted by atomic mass is 10.1. The number of hydrogen-bond donors (Lipinski definition) is 1. The molecule has 4 nitrogen and oxygen atoms in total. The van der Waals surface area contributed by atoms with Gasteiger partial charge in [0.1, 0.15) is 0 Å². The second-order valence-electron chi connectivity index (χ2n) is 5.24. The quantitative estimate of drug-likeness (QED) is 0.797. The second-order valence-corrected chi connectivity index (χ2v) is 5.24. The molecule has 4 heteroatoms. The number of pyridine rings is 1. The van der Waals surface area contributed by atoms with Crippen molar-refractivity contribution < 1.29 is 4.74 Å². The minimum absolute atomic E-state index is 0.244. The van der Waals surface area contributed by atoms with E-state index in [2.05, 4.69) is 35.9 Å². The van der Waals surface area contributed by atoms with E-state index in [-0.39, 0.29) is 12.2 Å². The van der Waals surface area contributed by atoms with Gasteiger partial charge in [0.25, 0.3) is 0 Å². The van der Waals surface area contributed by atoms with Gasteiger partial charge in [0.15, 0.2) is 0 Å². The second kappa shape index (κ2) is 4.70. The van der Waals surface area contributed by atoms with Gasteiger partial charge < -0.3 is 15.4 Å². The van der Waals surface area contributed by atoms with E-state index in [4.69, 9.17) is 10.5 Å². The molecular formula is C15H19N3O. The third kappa shape index (κ3) is 2.24. The van der Waals surface area contributed by atoms with Gasteiger partial charge in [-0.25, -0.2) is 0 Å². The van der Waals surface area contributed by atoms with Crippen LogP contribution in [0.5, 0.6) is 0 Å². The number of morpholine rings is 1. The van der Waals surface area contributed by atoms with Crippen molar-refractivity contribution in [3.63, 3.8) is 0 Å². The first-order chi connectivity index (χ1) is 9.15. The molecule has 100 valence electrons. The third-order valence-corrected chi connectivity index (χ3v) is 3.54. The number of anilines is 2. The normalized spacial score (nSPS) is 23.8. The minimum atomic E-state index is 0.244. The first-order valence-electron chi connectivity index (χ1n) is 6.69. The number of rotatable bonds is 1. The van der Waals surface area contributed by atoms with Gasteiger partial charge in [-0.1, -0.05) is 12.1 Å². The van der Waals surface area contributed by atoms with E-state index in [0.717, 1.165) is 29.7 Å². The molecule has 0 aliphatic carbocycles. The molecule has 0 spiro atoms. The van der Waals surface area contributed by atoms with Crippen molar-refractivity contribution in [2.24, 2.45) is 0 Å². The Morgan fingerprint density at radius 3 is 2.68 bits per heavy atom. The Bertz CT molecular complexity index is 589. The third-order valence-electron chi connectivity index (χ3n) is 3.54. The molecule has 1 aliphatic heterocycles. The molecule has 1 aliphatic rings. The van der Waals surface area contributed by atoms with Gasteiger partial charge in [-0.3, -0.25) is 4.98 Å². The number of nitrogens with zero attached hydrogens (tertiary/aromatic N) is 2. The van der Waals surface area contributed by atoms with Crippen molar-refractivity contribution in [2.45, 2.75) is 26.1 Å². The Kier molecular flexibility index (Phi) is 3.03. The van der Waals surface area contributed by atoms with Crippen LogP contribution < -0.4 is 10.6 Å². The average Bonchev–Trinajstić information content (AvgIpc) is 2.37. The number of aromatic nitrogens is 1. The molecule has 3 rings (SSSR count). The molecule has 2 heterocycles. The first-order valence-corrected chi connectivity index (χ1v) is 6.69. The largest absolute Gasteiger partial charge is 0.397 e. The highest BCUT2D eigenvalue weighted by Crippen LogP contribution is 2.30. The summed E-state index contributed by atoms with van der Waals surface area (Å²) in [4.78, 5) is 6.75. The SMILES string of the molecule is C[C@@H]1CN(c2ccnc3c(N)cccc23)C[C@H](C)O1. The van der Waals surface area contributed by atoms with Crippen LogP contribution in [-0.2, 0) is 4.74 Å². The summed E-state index contributed by atoms with van der Waals surface area (Å²) in [5.74, 6) is 0. The van der Waals surface area contributed by atoms with Crippen molar-refractivity contribution in [2.75, 3.05) is 23.7 Å². The summed E-state index contributed by atoms with van der Waals surface area (Å²) < 4.78 is 5.79. The predicted octanol–water partition coefficient (Wildman–Crippen LogP) is 2.43. The van der Waals surface area contributed by atoms with E-state index in [9.17, 15) is 0 Å². The van der Waals surface area contributed by atoms with E-state index in [0.29, 0.717) is 0 Å². The molecule has 0 saturated carbocycles. The van der Waals surface area contributed by atoms with E-state index in [1.807, 2.05) is 18.3 Å². The smallest absolute Gasteiger partial charge is 0.0951 e. The maximum atomic E-state index is 6.00. The van der Waals surface area contributed by atoms with Crippen LogP contribution in [0.4, 0.5) is 11.4 Å². The van der Waals surface area contributed by atoms with E-state index in [1.54, 1.807) is 0 Å². The van der Waals surface area contributed by atoms with Crippen LogP contribution in [0.25, 0.3) is 10.9 Å². The Labute approximate surface area is 113 Å².